The number of amides is 2. The number of hydrogen-bond acceptors (Lipinski definition) is 3. The average Bonchev–Trinajstić information content (AvgIpc) is 2.74. The molecule has 0 atom stereocenters. The number of nitrogens with zero attached hydrogens (tertiary/aromatic N) is 1. The number of ether oxygens (including phenoxy) is 1. The van der Waals surface area contributed by atoms with Crippen LogP contribution in [-0.4, -0.2) is 25.0 Å². The zero-order valence-corrected chi connectivity index (χ0v) is 13.8. The van der Waals surface area contributed by atoms with Gasteiger partial charge in [0.1, 0.15) is 12.3 Å². The highest BCUT2D eigenvalue weighted by atomic mass is 35.5. The van der Waals surface area contributed by atoms with Gasteiger partial charge in [0.25, 0.3) is 0 Å². The monoisotopic (exact) mass is 344 g/mol. The summed E-state index contributed by atoms with van der Waals surface area (Å²) in [5.74, 6) is 0.232. The van der Waals surface area contributed by atoms with Crippen molar-refractivity contribution >= 4 is 29.1 Å². The Balaban J connectivity index is 1.69. The fourth-order valence-corrected chi connectivity index (χ4v) is 2.73. The van der Waals surface area contributed by atoms with Gasteiger partial charge in [-0.1, -0.05) is 41.9 Å². The molecule has 0 spiro atoms. The van der Waals surface area contributed by atoms with Gasteiger partial charge >= 0.3 is 0 Å². The molecule has 24 heavy (non-hydrogen) atoms. The summed E-state index contributed by atoms with van der Waals surface area (Å²) in [5, 5.41) is 3.40. The van der Waals surface area contributed by atoms with Gasteiger partial charge in [0.2, 0.25) is 11.8 Å². The SMILES string of the molecule is O=C(CN1C(=O)CCOc2ccccc21)NCc1ccccc1Cl. The Labute approximate surface area is 145 Å². The minimum absolute atomic E-state index is 0.0519. The number of fused-ring (bicyclic) bond motifs is 1. The van der Waals surface area contributed by atoms with Crippen LogP contribution >= 0.6 is 11.6 Å². The van der Waals surface area contributed by atoms with E-state index in [4.69, 9.17) is 16.3 Å². The quantitative estimate of drug-likeness (QED) is 0.927. The molecule has 1 heterocycles. The number of benzene rings is 2. The van der Waals surface area contributed by atoms with Gasteiger partial charge in [-0.15, -0.1) is 0 Å². The van der Waals surface area contributed by atoms with E-state index in [1.807, 2.05) is 30.3 Å². The lowest BCUT2D eigenvalue weighted by Gasteiger charge is -2.21. The van der Waals surface area contributed by atoms with Crippen LogP contribution in [0.5, 0.6) is 5.75 Å². The predicted octanol–water partition coefficient (Wildman–Crippen LogP) is 2.77. The average molecular weight is 345 g/mol. The van der Waals surface area contributed by atoms with Crippen molar-refractivity contribution in [3.8, 4) is 5.75 Å². The fraction of sp³-hybridized carbons (Fsp3) is 0.222. The first-order valence-corrected chi connectivity index (χ1v) is 8.05. The molecule has 0 saturated heterocycles. The van der Waals surface area contributed by atoms with Crippen LogP contribution < -0.4 is 15.0 Å². The number of carbonyl (C=O) groups excluding carboxylic acids is 2. The molecule has 1 aliphatic heterocycles. The molecule has 0 aliphatic carbocycles. The maximum Gasteiger partial charge on any atom is 0.240 e. The number of nitrogens with one attached hydrogen (secondary N) is 1. The van der Waals surface area contributed by atoms with E-state index in [0.717, 1.165) is 5.56 Å². The van der Waals surface area contributed by atoms with Crippen molar-refractivity contribution < 1.29 is 14.3 Å². The predicted molar refractivity (Wildman–Crippen MR) is 92.2 cm³/mol. The lowest BCUT2D eigenvalue weighted by Crippen LogP contribution is -2.40. The smallest absolute Gasteiger partial charge is 0.240 e. The van der Waals surface area contributed by atoms with Crippen LogP contribution in [0.1, 0.15) is 12.0 Å². The van der Waals surface area contributed by atoms with Crippen molar-refractivity contribution in [2.24, 2.45) is 0 Å². The molecule has 2 aromatic carbocycles. The second-order valence-electron chi connectivity index (χ2n) is 5.41. The molecule has 1 N–H and O–H groups in total. The molecule has 6 heteroatoms. The molecule has 124 valence electrons. The standard InChI is InChI=1S/C18H17ClN2O3/c19-14-6-2-1-5-13(14)11-20-17(22)12-21-15-7-3-4-8-16(15)24-10-9-18(21)23/h1-8H,9-12H2,(H,20,22). The lowest BCUT2D eigenvalue weighted by molar-refractivity contribution is -0.124. The Bertz CT molecular complexity index is 763. The number of rotatable bonds is 4. The topological polar surface area (TPSA) is 58.6 Å². The van der Waals surface area contributed by atoms with Crippen molar-refractivity contribution in [2.45, 2.75) is 13.0 Å². The molecule has 3 rings (SSSR count). The minimum Gasteiger partial charge on any atom is -0.491 e. The van der Waals surface area contributed by atoms with E-state index in [-0.39, 0.29) is 24.8 Å². The Morgan fingerprint density at radius 1 is 1.17 bits per heavy atom. The van der Waals surface area contributed by atoms with Gasteiger partial charge in [0, 0.05) is 11.6 Å². The summed E-state index contributed by atoms with van der Waals surface area (Å²) < 4.78 is 5.56. The Morgan fingerprint density at radius 2 is 1.92 bits per heavy atom. The molecule has 0 unspecified atom stereocenters. The van der Waals surface area contributed by atoms with Gasteiger partial charge in [0.05, 0.1) is 18.7 Å². The normalized spacial score (nSPS) is 13.7. The van der Waals surface area contributed by atoms with Crippen molar-refractivity contribution in [1.29, 1.82) is 0 Å². The van der Waals surface area contributed by atoms with Crippen LogP contribution in [0.3, 0.4) is 0 Å². The van der Waals surface area contributed by atoms with E-state index < -0.39 is 0 Å². The van der Waals surface area contributed by atoms with E-state index in [9.17, 15) is 9.59 Å². The summed E-state index contributed by atoms with van der Waals surface area (Å²) in [5.41, 5.74) is 1.45. The van der Waals surface area contributed by atoms with Crippen LogP contribution in [0.15, 0.2) is 48.5 Å². The third-order valence-electron chi connectivity index (χ3n) is 3.77. The van der Waals surface area contributed by atoms with Gasteiger partial charge in [-0.25, -0.2) is 0 Å². The first-order valence-electron chi connectivity index (χ1n) is 7.67. The highest BCUT2D eigenvalue weighted by Gasteiger charge is 2.24. The summed E-state index contributed by atoms with van der Waals surface area (Å²) >= 11 is 6.08. The van der Waals surface area contributed by atoms with E-state index >= 15 is 0 Å². The van der Waals surface area contributed by atoms with Crippen LogP contribution in [-0.2, 0) is 16.1 Å². The maximum absolute atomic E-state index is 12.3. The highest BCUT2D eigenvalue weighted by molar-refractivity contribution is 6.31. The number of para-hydroxylation sites is 2. The third kappa shape index (κ3) is 3.68. The molecule has 0 saturated carbocycles. The van der Waals surface area contributed by atoms with Crippen molar-refractivity contribution in [3.63, 3.8) is 0 Å². The summed E-state index contributed by atoms with van der Waals surface area (Å²) in [6.07, 6.45) is 0.243. The summed E-state index contributed by atoms with van der Waals surface area (Å²) in [6, 6.07) is 14.5. The molecular weight excluding hydrogens is 328 g/mol. The van der Waals surface area contributed by atoms with Crippen LogP contribution in [0.25, 0.3) is 0 Å². The molecule has 2 aromatic rings. The minimum atomic E-state index is -0.250. The highest BCUT2D eigenvalue weighted by Crippen LogP contribution is 2.30. The number of carbonyl (C=O) groups is 2. The summed E-state index contributed by atoms with van der Waals surface area (Å²) in [7, 11) is 0. The largest absolute Gasteiger partial charge is 0.491 e. The van der Waals surface area contributed by atoms with Gasteiger partial charge in [0.15, 0.2) is 0 Å². The second kappa shape index (κ2) is 7.36. The number of halogens is 1. The summed E-state index contributed by atoms with van der Waals surface area (Å²) in [6.45, 7) is 0.579. The van der Waals surface area contributed by atoms with Gasteiger partial charge in [-0.05, 0) is 23.8 Å². The zero-order chi connectivity index (χ0) is 16.9. The first kappa shape index (κ1) is 16.3. The first-order chi connectivity index (χ1) is 11.6. The van der Waals surface area contributed by atoms with Crippen LogP contribution in [0.2, 0.25) is 5.02 Å². The van der Waals surface area contributed by atoms with Crippen molar-refractivity contribution in [2.75, 3.05) is 18.1 Å². The van der Waals surface area contributed by atoms with Gasteiger partial charge in [-0.2, -0.15) is 0 Å². The fourth-order valence-electron chi connectivity index (χ4n) is 2.53. The molecule has 0 bridgehead atoms. The molecule has 0 fully saturated rings. The molecule has 5 nitrogen and oxygen atoms in total. The molecule has 2 amide bonds. The number of anilines is 1. The number of hydrogen-bond donors (Lipinski definition) is 1. The second-order valence-corrected chi connectivity index (χ2v) is 5.82. The Kier molecular flexibility index (Phi) is 5.01. The van der Waals surface area contributed by atoms with Crippen LogP contribution in [0, 0.1) is 0 Å². The lowest BCUT2D eigenvalue weighted by atomic mass is 10.2. The van der Waals surface area contributed by atoms with E-state index in [2.05, 4.69) is 5.32 Å². The van der Waals surface area contributed by atoms with E-state index in [1.165, 1.54) is 4.90 Å². The molecule has 0 radical (unpaired) electrons. The van der Waals surface area contributed by atoms with Crippen LogP contribution in [0.4, 0.5) is 5.69 Å². The third-order valence-corrected chi connectivity index (χ3v) is 4.13. The van der Waals surface area contributed by atoms with E-state index in [0.29, 0.717) is 29.6 Å². The summed E-state index contributed by atoms with van der Waals surface area (Å²) in [4.78, 5) is 26.0. The van der Waals surface area contributed by atoms with Gasteiger partial charge < -0.3 is 10.1 Å². The molecular formula is C18H17ClN2O3. The van der Waals surface area contributed by atoms with Crippen molar-refractivity contribution in [3.05, 3.63) is 59.1 Å². The Hall–Kier alpha value is -2.53. The molecule has 0 aromatic heterocycles. The molecule has 1 aliphatic rings. The zero-order valence-electron chi connectivity index (χ0n) is 13.0. The van der Waals surface area contributed by atoms with Crippen molar-refractivity contribution in [1.82, 2.24) is 5.32 Å². The maximum atomic E-state index is 12.3. The van der Waals surface area contributed by atoms with Gasteiger partial charge in [-0.3, -0.25) is 14.5 Å². The van der Waals surface area contributed by atoms with E-state index in [1.54, 1.807) is 18.2 Å². The Morgan fingerprint density at radius 3 is 2.75 bits per heavy atom.